The number of fused-ring (bicyclic) bond motifs is 1. The lowest BCUT2D eigenvalue weighted by Crippen LogP contribution is -2.47. The maximum atomic E-state index is 5.88. The molecular weight excluding hydrogens is 416 g/mol. The molecule has 5 nitrogen and oxygen atoms in total. The number of hydrogen-bond acceptors (Lipinski definition) is 6. The minimum Gasteiger partial charge on any atom is -0.492 e. The third kappa shape index (κ3) is 4.92. The molecule has 2 aromatic heterocycles. The van der Waals surface area contributed by atoms with Crippen LogP contribution in [0, 0.1) is 6.92 Å². The van der Waals surface area contributed by atoms with E-state index in [4.69, 9.17) is 14.7 Å². The van der Waals surface area contributed by atoms with Crippen LogP contribution in [0.15, 0.2) is 66.7 Å². The Morgan fingerprint density at radius 1 is 0.906 bits per heavy atom. The van der Waals surface area contributed by atoms with E-state index in [0.717, 1.165) is 61.4 Å². The van der Waals surface area contributed by atoms with Gasteiger partial charge in [0.15, 0.2) is 0 Å². The van der Waals surface area contributed by atoms with Crippen molar-refractivity contribution in [3.8, 4) is 5.75 Å². The Hall–Kier alpha value is -2.96. The largest absolute Gasteiger partial charge is 0.492 e. The molecule has 0 unspecified atom stereocenters. The second kappa shape index (κ2) is 9.67. The fourth-order valence-corrected chi connectivity index (χ4v) is 5.05. The predicted molar refractivity (Wildman–Crippen MR) is 132 cm³/mol. The normalized spacial score (nSPS) is 14.7. The van der Waals surface area contributed by atoms with Gasteiger partial charge in [-0.25, -0.2) is 9.97 Å². The Morgan fingerprint density at radius 3 is 2.38 bits per heavy atom. The number of para-hydroxylation sites is 1. The van der Waals surface area contributed by atoms with Crippen molar-refractivity contribution in [3.05, 3.63) is 83.0 Å². The lowest BCUT2D eigenvalue weighted by molar-refractivity contribution is 0.200. The molecule has 1 aliphatic heterocycles. The van der Waals surface area contributed by atoms with Crippen LogP contribution in [0.1, 0.15) is 16.3 Å². The first-order chi connectivity index (χ1) is 15.7. The molecule has 0 atom stereocenters. The van der Waals surface area contributed by atoms with E-state index in [1.165, 1.54) is 15.8 Å². The van der Waals surface area contributed by atoms with Gasteiger partial charge in [0, 0.05) is 44.0 Å². The van der Waals surface area contributed by atoms with E-state index in [-0.39, 0.29) is 0 Å². The Bertz CT molecular complexity index is 1150. The van der Waals surface area contributed by atoms with Crippen molar-refractivity contribution < 1.29 is 4.74 Å². The topological polar surface area (TPSA) is 41.5 Å². The van der Waals surface area contributed by atoms with E-state index in [1.54, 1.807) is 11.3 Å². The number of rotatable bonds is 7. The zero-order chi connectivity index (χ0) is 21.8. The second-order valence-electron chi connectivity index (χ2n) is 8.19. The summed E-state index contributed by atoms with van der Waals surface area (Å²) in [5, 5.41) is 1.19. The summed E-state index contributed by atoms with van der Waals surface area (Å²) in [6.07, 6.45) is 0.761. The van der Waals surface area contributed by atoms with E-state index in [9.17, 15) is 0 Å². The van der Waals surface area contributed by atoms with E-state index in [1.807, 2.05) is 36.4 Å². The molecule has 4 aromatic rings. The summed E-state index contributed by atoms with van der Waals surface area (Å²) in [6.45, 7) is 7.78. The molecule has 0 N–H and O–H groups in total. The van der Waals surface area contributed by atoms with Gasteiger partial charge in [0.1, 0.15) is 28.8 Å². The molecule has 0 bridgehead atoms. The molecule has 1 saturated heterocycles. The van der Waals surface area contributed by atoms with E-state index in [0.29, 0.717) is 6.61 Å². The van der Waals surface area contributed by atoms with E-state index >= 15 is 0 Å². The zero-order valence-electron chi connectivity index (χ0n) is 18.4. The Balaban J connectivity index is 1.26. The third-order valence-corrected chi connectivity index (χ3v) is 6.78. The quantitative estimate of drug-likeness (QED) is 0.410. The average Bonchev–Trinajstić information content (AvgIpc) is 3.20. The smallest absolute Gasteiger partial charge is 0.141 e. The SMILES string of the molecule is Cc1cc2c(N3CCN(CCOc4ccccc4)CC3)nc(Cc3ccccc3)nc2s1. The van der Waals surface area contributed by atoms with Crippen LogP contribution < -0.4 is 9.64 Å². The van der Waals surface area contributed by atoms with Crippen molar-refractivity contribution >= 4 is 27.4 Å². The van der Waals surface area contributed by atoms with Crippen molar-refractivity contribution in [1.29, 1.82) is 0 Å². The van der Waals surface area contributed by atoms with Crippen molar-refractivity contribution in [3.63, 3.8) is 0 Å². The Morgan fingerprint density at radius 2 is 1.62 bits per heavy atom. The summed E-state index contributed by atoms with van der Waals surface area (Å²) < 4.78 is 5.88. The summed E-state index contributed by atoms with van der Waals surface area (Å²) in [7, 11) is 0. The number of hydrogen-bond donors (Lipinski definition) is 0. The second-order valence-corrected chi connectivity index (χ2v) is 9.43. The molecule has 0 saturated carbocycles. The minimum atomic E-state index is 0.715. The first-order valence-electron chi connectivity index (χ1n) is 11.2. The van der Waals surface area contributed by atoms with Crippen LogP contribution >= 0.6 is 11.3 Å². The van der Waals surface area contributed by atoms with Crippen molar-refractivity contribution in [1.82, 2.24) is 14.9 Å². The molecule has 0 aliphatic carbocycles. The lowest BCUT2D eigenvalue weighted by atomic mass is 10.1. The highest BCUT2D eigenvalue weighted by Crippen LogP contribution is 2.31. The summed E-state index contributed by atoms with van der Waals surface area (Å²) in [5.74, 6) is 2.93. The van der Waals surface area contributed by atoms with Gasteiger partial charge in [0.2, 0.25) is 0 Å². The van der Waals surface area contributed by atoms with Crippen LogP contribution in [-0.2, 0) is 6.42 Å². The van der Waals surface area contributed by atoms with Gasteiger partial charge in [-0.3, -0.25) is 4.90 Å². The number of anilines is 1. The molecule has 164 valence electrons. The van der Waals surface area contributed by atoms with E-state index in [2.05, 4.69) is 47.1 Å². The van der Waals surface area contributed by atoms with Gasteiger partial charge in [-0.05, 0) is 30.7 Å². The van der Waals surface area contributed by atoms with Crippen molar-refractivity contribution in [2.24, 2.45) is 0 Å². The summed E-state index contributed by atoms with van der Waals surface area (Å²) in [5.41, 5.74) is 1.24. The molecule has 0 amide bonds. The van der Waals surface area contributed by atoms with Crippen LogP contribution in [0.5, 0.6) is 5.75 Å². The number of ether oxygens (including phenoxy) is 1. The number of aromatic nitrogens is 2. The minimum absolute atomic E-state index is 0.715. The van der Waals surface area contributed by atoms with Gasteiger partial charge in [-0.2, -0.15) is 0 Å². The summed E-state index contributed by atoms with van der Waals surface area (Å²) in [6, 6.07) is 22.8. The fourth-order valence-electron chi connectivity index (χ4n) is 4.16. The standard InChI is InChI=1S/C26H28N4OS/c1-20-18-23-25(27-24(28-26(23)32-20)19-21-8-4-2-5-9-21)30-14-12-29(13-15-30)16-17-31-22-10-6-3-7-11-22/h2-11,18H,12-17,19H2,1H3. The van der Waals surface area contributed by atoms with Crippen LogP contribution in [0.25, 0.3) is 10.2 Å². The number of thiophene rings is 1. The highest BCUT2D eigenvalue weighted by atomic mass is 32.1. The first-order valence-corrected chi connectivity index (χ1v) is 12.0. The number of benzene rings is 2. The molecular formula is C26H28N4OS. The molecule has 0 spiro atoms. The van der Waals surface area contributed by atoms with Crippen molar-refractivity contribution in [2.75, 3.05) is 44.2 Å². The van der Waals surface area contributed by atoms with E-state index < -0.39 is 0 Å². The van der Waals surface area contributed by atoms with Crippen LogP contribution in [0.2, 0.25) is 0 Å². The monoisotopic (exact) mass is 444 g/mol. The van der Waals surface area contributed by atoms with Crippen molar-refractivity contribution in [2.45, 2.75) is 13.3 Å². The van der Waals surface area contributed by atoms with Crippen LogP contribution in [0.3, 0.4) is 0 Å². The maximum absolute atomic E-state index is 5.88. The highest BCUT2D eigenvalue weighted by Gasteiger charge is 2.22. The van der Waals surface area contributed by atoms with Gasteiger partial charge in [-0.1, -0.05) is 48.5 Å². The molecule has 1 aliphatic rings. The summed E-state index contributed by atoms with van der Waals surface area (Å²) >= 11 is 1.76. The Kier molecular flexibility index (Phi) is 6.32. The van der Waals surface area contributed by atoms with Gasteiger partial charge < -0.3 is 9.64 Å². The maximum Gasteiger partial charge on any atom is 0.141 e. The first kappa shape index (κ1) is 20.9. The molecule has 0 radical (unpaired) electrons. The van der Waals surface area contributed by atoms with Gasteiger partial charge >= 0.3 is 0 Å². The summed E-state index contributed by atoms with van der Waals surface area (Å²) in [4.78, 5) is 17.2. The lowest BCUT2D eigenvalue weighted by Gasteiger charge is -2.35. The van der Waals surface area contributed by atoms with Crippen LogP contribution in [0.4, 0.5) is 5.82 Å². The molecule has 3 heterocycles. The predicted octanol–water partition coefficient (Wildman–Crippen LogP) is 4.79. The molecule has 32 heavy (non-hydrogen) atoms. The number of aryl methyl sites for hydroxylation is 1. The van der Waals surface area contributed by atoms with Gasteiger partial charge in [-0.15, -0.1) is 11.3 Å². The third-order valence-electron chi connectivity index (χ3n) is 5.84. The van der Waals surface area contributed by atoms with Crippen LogP contribution in [-0.4, -0.2) is 54.2 Å². The number of piperazine rings is 1. The average molecular weight is 445 g/mol. The Labute approximate surface area is 193 Å². The highest BCUT2D eigenvalue weighted by molar-refractivity contribution is 7.18. The molecule has 5 rings (SSSR count). The molecule has 6 heteroatoms. The fraction of sp³-hybridized carbons (Fsp3) is 0.308. The molecule has 2 aromatic carbocycles. The zero-order valence-corrected chi connectivity index (χ0v) is 19.2. The number of nitrogens with zero attached hydrogens (tertiary/aromatic N) is 4. The van der Waals surface area contributed by atoms with Gasteiger partial charge in [0.25, 0.3) is 0 Å². The van der Waals surface area contributed by atoms with Gasteiger partial charge in [0.05, 0.1) is 5.39 Å². The molecule has 1 fully saturated rings.